The van der Waals surface area contributed by atoms with Crippen LogP contribution in [0.1, 0.15) is 36.2 Å². The lowest BCUT2D eigenvalue weighted by Gasteiger charge is -2.19. The van der Waals surface area contributed by atoms with E-state index in [1.807, 2.05) is 13.2 Å². The van der Waals surface area contributed by atoms with Gasteiger partial charge in [0, 0.05) is 25.7 Å². The third kappa shape index (κ3) is 3.64. The molecule has 0 bridgehead atoms. The molecule has 0 fully saturated rings. The summed E-state index contributed by atoms with van der Waals surface area (Å²) in [6.07, 6.45) is 3.99. The molecule has 0 spiro atoms. The fraction of sp³-hybridized carbons (Fsp3) is 0.467. The standard InChI is InChI=1S/C15H22N4/c1-4-9-16-15(10-13-11-19(3)18-17-13)14-8-6-5-7-12(14)2/h5-8,11,15-16H,4,9-10H2,1-3H3. The van der Waals surface area contributed by atoms with Crippen LogP contribution in [0.2, 0.25) is 0 Å². The van der Waals surface area contributed by atoms with Gasteiger partial charge < -0.3 is 5.32 Å². The van der Waals surface area contributed by atoms with E-state index in [-0.39, 0.29) is 0 Å². The summed E-state index contributed by atoms with van der Waals surface area (Å²) < 4.78 is 1.75. The molecule has 0 aliphatic heterocycles. The largest absolute Gasteiger partial charge is 0.310 e. The van der Waals surface area contributed by atoms with E-state index in [0.717, 1.165) is 25.1 Å². The van der Waals surface area contributed by atoms with E-state index < -0.39 is 0 Å². The second-order valence-corrected chi connectivity index (χ2v) is 4.95. The predicted molar refractivity (Wildman–Crippen MR) is 76.9 cm³/mol. The van der Waals surface area contributed by atoms with Gasteiger partial charge >= 0.3 is 0 Å². The van der Waals surface area contributed by atoms with Gasteiger partial charge in [-0.2, -0.15) is 0 Å². The summed E-state index contributed by atoms with van der Waals surface area (Å²) in [5, 5.41) is 11.8. The monoisotopic (exact) mass is 258 g/mol. The highest BCUT2D eigenvalue weighted by Crippen LogP contribution is 2.20. The smallest absolute Gasteiger partial charge is 0.0845 e. The first-order valence-electron chi connectivity index (χ1n) is 6.84. The molecule has 1 unspecified atom stereocenters. The molecular formula is C15H22N4. The van der Waals surface area contributed by atoms with Crippen molar-refractivity contribution >= 4 is 0 Å². The Kier molecular flexibility index (Phi) is 4.68. The summed E-state index contributed by atoms with van der Waals surface area (Å²) in [5.74, 6) is 0. The average molecular weight is 258 g/mol. The van der Waals surface area contributed by atoms with Gasteiger partial charge in [0.05, 0.1) is 5.69 Å². The third-order valence-corrected chi connectivity index (χ3v) is 3.27. The van der Waals surface area contributed by atoms with Gasteiger partial charge in [0.25, 0.3) is 0 Å². The fourth-order valence-corrected chi connectivity index (χ4v) is 2.29. The molecule has 0 aliphatic carbocycles. The zero-order chi connectivity index (χ0) is 13.7. The topological polar surface area (TPSA) is 42.7 Å². The van der Waals surface area contributed by atoms with Gasteiger partial charge in [-0.05, 0) is 31.0 Å². The Bertz CT molecular complexity index is 518. The highest BCUT2D eigenvalue weighted by atomic mass is 15.4. The number of rotatable bonds is 6. The van der Waals surface area contributed by atoms with Crippen LogP contribution in [-0.4, -0.2) is 21.5 Å². The molecule has 0 amide bonds. The van der Waals surface area contributed by atoms with Crippen LogP contribution >= 0.6 is 0 Å². The van der Waals surface area contributed by atoms with Crippen LogP contribution in [-0.2, 0) is 13.5 Å². The van der Waals surface area contributed by atoms with E-state index >= 15 is 0 Å². The van der Waals surface area contributed by atoms with E-state index in [0.29, 0.717) is 6.04 Å². The van der Waals surface area contributed by atoms with Crippen LogP contribution in [0.3, 0.4) is 0 Å². The molecule has 4 nitrogen and oxygen atoms in total. The maximum absolute atomic E-state index is 4.19. The molecule has 19 heavy (non-hydrogen) atoms. The van der Waals surface area contributed by atoms with Crippen molar-refractivity contribution in [3.8, 4) is 0 Å². The summed E-state index contributed by atoms with van der Waals surface area (Å²) in [7, 11) is 1.90. The van der Waals surface area contributed by atoms with Crippen LogP contribution in [0, 0.1) is 6.92 Å². The molecule has 1 aromatic carbocycles. The maximum atomic E-state index is 4.19. The van der Waals surface area contributed by atoms with Crippen molar-refractivity contribution in [1.29, 1.82) is 0 Å². The molecule has 2 aromatic rings. The quantitative estimate of drug-likeness (QED) is 0.865. The van der Waals surface area contributed by atoms with Gasteiger partial charge in [0.2, 0.25) is 0 Å². The van der Waals surface area contributed by atoms with Crippen LogP contribution in [0.15, 0.2) is 30.5 Å². The second-order valence-electron chi connectivity index (χ2n) is 4.95. The number of aromatic nitrogens is 3. The minimum atomic E-state index is 0.304. The lowest BCUT2D eigenvalue weighted by Crippen LogP contribution is -2.25. The summed E-state index contributed by atoms with van der Waals surface area (Å²) in [5.41, 5.74) is 3.70. The summed E-state index contributed by atoms with van der Waals surface area (Å²) >= 11 is 0. The van der Waals surface area contributed by atoms with Crippen molar-refractivity contribution in [1.82, 2.24) is 20.3 Å². The molecule has 0 radical (unpaired) electrons. The Labute approximate surface area is 114 Å². The zero-order valence-corrected chi connectivity index (χ0v) is 11.9. The third-order valence-electron chi connectivity index (χ3n) is 3.27. The van der Waals surface area contributed by atoms with Gasteiger partial charge in [0.15, 0.2) is 0 Å². The molecule has 2 rings (SSSR count). The number of hydrogen-bond acceptors (Lipinski definition) is 3. The summed E-state index contributed by atoms with van der Waals surface area (Å²) in [6, 6.07) is 8.83. The van der Waals surface area contributed by atoms with Crippen molar-refractivity contribution in [2.75, 3.05) is 6.54 Å². The number of nitrogens with zero attached hydrogens (tertiary/aromatic N) is 3. The number of aryl methyl sites for hydroxylation is 2. The van der Waals surface area contributed by atoms with Gasteiger partial charge in [-0.3, -0.25) is 4.68 Å². The maximum Gasteiger partial charge on any atom is 0.0845 e. The fourth-order valence-electron chi connectivity index (χ4n) is 2.29. The molecule has 0 saturated carbocycles. The first-order valence-corrected chi connectivity index (χ1v) is 6.84. The predicted octanol–water partition coefficient (Wildman–Crippen LogP) is 2.41. The number of nitrogens with one attached hydrogen (secondary N) is 1. The molecular weight excluding hydrogens is 236 g/mol. The normalized spacial score (nSPS) is 12.6. The Morgan fingerprint density at radius 2 is 2.11 bits per heavy atom. The lowest BCUT2D eigenvalue weighted by atomic mass is 9.97. The van der Waals surface area contributed by atoms with Crippen molar-refractivity contribution in [2.24, 2.45) is 7.05 Å². The minimum Gasteiger partial charge on any atom is -0.310 e. The summed E-state index contributed by atoms with van der Waals surface area (Å²) in [4.78, 5) is 0. The van der Waals surface area contributed by atoms with Crippen LogP contribution in [0.5, 0.6) is 0 Å². The number of hydrogen-bond donors (Lipinski definition) is 1. The molecule has 1 atom stereocenters. The first-order chi connectivity index (χ1) is 9.20. The molecule has 1 aromatic heterocycles. The Hall–Kier alpha value is -1.68. The Morgan fingerprint density at radius 1 is 1.32 bits per heavy atom. The zero-order valence-electron chi connectivity index (χ0n) is 11.9. The van der Waals surface area contributed by atoms with Gasteiger partial charge in [0.1, 0.15) is 0 Å². The molecule has 1 N–H and O–H groups in total. The van der Waals surface area contributed by atoms with Crippen molar-refractivity contribution in [2.45, 2.75) is 32.7 Å². The van der Waals surface area contributed by atoms with E-state index in [2.05, 4.69) is 53.7 Å². The van der Waals surface area contributed by atoms with Crippen LogP contribution < -0.4 is 5.32 Å². The number of benzene rings is 1. The molecule has 0 aliphatic rings. The molecule has 0 saturated heterocycles. The van der Waals surface area contributed by atoms with Gasteiger partial charge in [-0.25, -0.2) is 0 Å². The van der Waals surface area contributed by atoms with E-state index in [9.17, 15) is 0 Å². The SMILES string of the molecule is CCCNC(Cc1cn(C)nn1)c1ccccc1C. The average Bonchev–Trinajstić information content (AvgIpc) is 2.81. The molecule has 1 heterocycles. The first kappa shape index (κ1) is 13.7. The van der Waals surface area contributed by atoms with Crippen molar-refractivity contribution < 1.29 is 0 Å². The molecule has 102 valence electrons. The second kappa shape index (κ2) is 6.48. The Balaban J connectivity index is 2.18. The highest BCUT2D eigenvalue weighted by molar-refractivity contribution is 5.29. The van der Waals surface area contributed by atoms with Crippen molar-refractivity contribution in [3.05, 3.63) is 47.3 Å². The van der Waals surface area contributed by atoms with Crippen LogP contribution in [0.25, 0.3) is 0 Å². The Morgan fingerprint density at radius 3 is 2.74 bits per heavy atom. The summed E-state index contributed by atoms with van der Waals surface area (Å²) in [6.45, 7) is 5.36. The van der Waals surface area contributed by atoms with Crippen LogP contribution in [0.4, 0.5) is 0 Å². The van der Waals surface area contributed by atoms with Crippen molar-refractivity contribution in [3.63, 3.8) is 0 Å². The van der Waals surface area contributed by atoms with Gasteiger partial charge in [-0.15, -0.1) is 5.10 Å². The van der Waals surface area contributed by atoms with Gasteiger partial charge in [-0.1, -0.05) is 36.4 Å². The van der Waals surface area contributed by atoms with E-state index in [1.54, 1.807) is 4.68 Å². The van der Waals surface area contributed by atoms with E-state index in [4.69, 9.17) is 0 Å². The highest BCUT2D eigenvalue weighted by Gasteiger charge is 2.15. The van der Waals surface area contributed by atoms with E-state index in [1.165, 1.54) is 11.1 Å². The minimum absolute atomic E-state index is 0.304. The lowest BCUT2D eigenvalue weighted by molar-refractivity contribution is 0.522. The molecule has 4 heteroatoms.